The number of carbonyl (C=O) groups is 1. The van der Waals surface area contributed by atoms with E-state index in [9.17, 15) is 4.79 Å². The Hall–Kier alpha value is -2.01. The average molecular weight is 321 g/mol. The molecule has 118 valence electrons. The third-order valence-corrected chi connectivity index (χ3v) is 3.89. The van der Waals surface area contributed by atoms with Gasteiger partial charge in [0.25, 0.3) is 0 Å². The van der Waals surface area contributed by atoms with E-state index in [0.717, 1.165) is 12.0 Å². The Kier molecular flexibility index (Phi) is 5.83. The van der Waals surface area contributed by atoms with Gasteiger partial charge in [0.05, 0.1) is 6.33 Å². The van der Waals surface area contributed by atoms with Gasteiger partial charge in [0.2, 0.25) is 0 Å². The van der Waals surface area contributed by atoms with E-state index in [-0.39, 0.29) is 12.1 Å². The van der Waals surface area contributed by atoms with Crippen molar-refractivity contribution in [3.05, 3.63) is 53.6 Å². The SMILES string of the molecule is CCC(Cn1ccnc1)NC(=O)N(C)Cc1ccccc1Cl. The largest absolute Gasteiger partial charge is 0.335 e. The molecule has 0 aliphatic carbocycles. The summed E-state index contributed by atoms with van der Waals surface area (Å²) in [4.78, 5) is 18.0. The van der Waals surface area contributed by atoms with Crippen LogP contribution in [0.4, 0.5) is 4.79 Å². The third-order valence-electron chi connectivity index (χ3n) is 3.52. The summed E-state index contributed by atoms with van der Waals surface area (Å²) in [6, 6.07) is 7.51. The van der Waals surface area contributed by atoms with Crippen LogP contribution in [0.1, 0.15) is 18.9 Å². The lowest BCUT2D eigenvalue weighted by Crippen LogP contribution is -2.44. The Morgan fingerprint density at radius 1 is 1.45 bits per heavy atom. The van der Waals surface area contributed by atoms with Crippen molar-refractivity contribution in [2.24, 2.45) is 0 Å². The van der Waals surface area contributed by atoms with Crippen LogP contribution in [0.5, 0.6) is 0 Å². The zero-order chi connectivity index (χ0) is 15.9. The topological polar surface area (TPSA) is 50.2 Å². The highest BCUT2D eigenvalue weighted by Gasteiger charge is 2.15. The molecule has 2 aromatic rings. The fourth-order valence-corrected chi connectivity index (χ4v) is 2.36. The van der Waals surface area contributed by atoms with Crippen molar-refractivity contribution < 1.29 is 4.79 Å². The van der Waals surface area contributed by atoms with E-state index in [1.165, 1.54) is 0 Å². The van der Waals surface area contributed by atoms with Crippen LogP contribution in [-0.4, -0.2) is 33.6 Å². The summed E-state index contributed by atoms with van der Waals surface area (Å²) in [7, 11) is 1.77. The molecule has 1 N–H and O–H groups in total. The first kappa shape index (κ1) is 16.4. The number of amides is 2. The van der Waals surface area contributed by atoms with E-state index in [2.05, 4.69) is 17.2 Å². The number of halogens is 1. The summed E-state index contributed by atoms with van der Waals surface area (Å²) in [6.45, 7) is 3.24. The second kappa shape index (κ2) is 7.84. The van der Waals surface area contributed by atoms with Gasteiger partial charge in [-0.3, -0.25) is 0 Å². The maximum atomic E-state index is 12.3. The normalized spacial score (nSPS) is 12.0. The minimum absolute atomic E-state index is 0.0652. The minimum atomic E-state index is -0.105. The summed E-state index contributed by atoms with van der Waals surface area (Å²) in [5.74, 6) is 0. The molecule has 0 aliphatic heterocycles. The maximum Gasteiger partial charge on any atom is 0.317 e. The second-order valence-corrected chi connectivity index (χ2v) is 5.67. The number of benzene rings is 1. The Morgan fingerprint density at radius 2 is 2.23 bits per heavy atom. The van der Waals surface area contributed by atoms with Crippen molar-refractivity contribution in [2.75, 3.05) is 7.05 Å². The van der Waals surface area contributed by atoms with Crippen molar-refractivity contribution in [1.82, 2.24) is 19.8 Å². The second-order valence-electron chi connectivity index (χ2n) is 5.26. The van der Waals surface area contributed by atoms with Crippen LogP contribution < -0.4 is 5.32 Å². The highest BCUT2D eigenvalue weighted by Crippen LogP contribution is 2.16. The zero-order valence-electron chi connectivity index (χ0n) is 12.9. The van der Waals surface area contributed by atoms with Crippen LogP contribution in [0.3, 0.4) is 0 Å². The summed E-state index contributed by atoms with van der Waals surface area (Å²) < 4.78 is 1.96. The lowest BCUT2D eigenvalue weighted by Gasteiger charge is -2.23. The zero-order valence-corrected chi connectivity index (χ0v) is 13.6. The Morgan fingerprint density at radius 3 is 2.86 bits per heavy atom. The van der Waals surface area contributed by atoms with E-state index in [0.29, 0.717) is 18.1 Å². The summed E-state index contributed by atoms with van der Waals surface area (Å²) in [6.07, 6.45) is 6.23. The van der Waals surface area contributed by atoms with Crippen LogP contribution in [0.2, 0.25) is 5.02 Å². The van der Waals surface area contributed by atoms with Gasteiger partial charge in [-0.05, 0) is 18.1 Å². The number of hydrogen-bond donors (Lipinski definition) is 1. The molecule has 0 radical (unpaired) electrons. The first-order chi connectivity index (χ1) is 10.6. The molecule has 1 heterocycles. The maximum absolute atomic E-state index is 12.3. The van der Waals surface area contributed by atoms with Crippen molar-refractivity contribution >= 4 is 17.6 Å². The van der Waals surface area contributed by atoms with Gasteiger partial charge in [-0.15, -0.1) is 0 Å². The van der Waals surface area contributed by atoms with Crippen molar-refractivity contribution in [3.8, 4) is 0 Å². The predicted molar refractivity (Wildman–Crippen MR) is 87.8 cm³/mol. The molecule has 0 saturated carbocycles. The molecular formula is C16H21ClN4O. The van der Waals surface area contributed by atoms with Crippen molar-refractivity contribution in [1.29, 1.82) is 0 Å². The fourth-order valence-electron chi connectivity index (χ4n) is 2.16. The molecule has 2 rings (SSSR count). The van der Waals surface area contributed by atoms with E-state index in [4.69, 9.17) is 11.6 Å². The molecule has 0 spiro atoms. The van der Waals surface area contributed by atoms with Crippen LogP contribution in [-0.2, 0) is 13.1 Å². The van der Waals surface area contributed by atoms with E-state index in [1.807, 2.05) is 35.0 Å². The van der Waals surface area contributed by atoms with Gasteiger partial charge in [0.1, 0.15) is 0 Å². The molecule has 1 atom stereocenters. The molecule has 0 saturated heterocycles. The van der Waals surface area contributed by atoms with Gasteiger partial charge >= 0.3 is 6.03 Å². The fraction of sp³-hybridized carbons (Fsp3) is 0.375. The van der Waals surface area contributed by atoms with Gasteiger partial charge in [-0.1, -0.05) is 36.7 Å². The number of aromatic nitrogens is 2. The van der Waals surface area contributed by atoms with Crippen LogP contribution in [0.15, 0.2) is 43.0 Å². The molecule has 0 aliphatic rings. The molecule has 1 unspecified atom stereocenters. The first-order valence-electron chi connectivity index (χ1n) is 7.31. The number of nitrogens with zero attached hydrogens (tertiary/aromatic N) is 3. The van der Waals surface area contributed by atoms with Crippen molar-refractivity contribution in [2.45, 2.75) is 32.5 Å². The lowest BCUT2D eigenvalue weighted by molar-refractivity contribution is 0.200. The summed E-state index contributed by atoms with van der Waals surface area (Å²) in [5.41, 5.74) is 0.935. The highest BCUT2D eigenvalue weighted by molar-refractivity contribution is 6.31. The van der Waals surface area contributed by atoms with Crippen LogP contribution in [0, 0.1) is 0 Å². The molecular weight excluding hydrogens is 300 g/mol. The molecule has 1 aromatic carbocycles. The quantitative estimate of drug-likeness (QED) is 0.889. The van der Waals surface area contributed by atoms with Gasteiger partial charge in [0.15, 0.2) is 0 Å². The Balaban J connectivity index is 1.91. The van der Waals surface area contributed by atoms with Gasteiger partial charge < -0.3 is 14.8 Å². The highest BCUT2D eigenvalue weighted by atomic mass is 35.5. The Labute approximate surface area is 135 Å². The van der Waals surface area contributed by atoms with Crippen molar-refractivity contribution in [3.63, 3.8) is 0 Å². The first-order valence-corrected chi connectivity index (χ1v) is 7.68. The predicted octanol–water partition coefficient (Wildman–Crippen LogP) is 3.16. The van der Waals surface area contributed by atoms with Crippen LogP contribution in [0.25, 0.3) is 0 Å². The number of rotatable bonds is 6. The van der Waals surface area contributed by atoms with Gasteiger partial charge in [-0.2, -0.15) is 0 Å². The van der Waals surface area contributed by atoms with E-state index >= 15 is 0 Å². The summed E-state index contributed by atoms with van der Waals surface area (Å²) >= 11 is 6.13. The average Bonchev–Trinajstić information content (AvgIpc) is 3.01. The summed E-state index contributed by atoms with van der Waals surface area (Å²) in [5, 5.41) is 3.71. The van der Waals surface area contributed by atoms with Gasteiger partial charge in [-0.25, -0.2) is 9.78 Å². The van der Waals surface area contributed by atoms with Crippen LogP contribution >= 0.6 is 11.6 Å². The molecule has 1 aromatic heterocycles. The number of imidazole rings is 1. The van der Waals surface area contributed by atoms with E-state index < -0.39 is 0 Å². The smallest absolute Gasteiger partial charge is 0.317 e. The molecule has 5 nitrogen and oxygen atoms in total. The molecule has 2 amide bonds. The number of hydrogen-bond acceptors (Lipinski definition) is 2. The number of urea groups is 1. The minimum Gasteiger partial charge on any atom is -0.335 e. The standard InChI is InChI=1S/C16H21ClN4O/c1-3-14(11-21-9-8-18-12-21)19-16(22)20(2)10-13-6-4-5-7-15(13)17/h4-9,12,14H,3,10-11H2,1-2H3,(H,19,22). The third kappa shape index (κ3) is 4.49. The van der Waals surface area contributed by atoms with Gasteiger partial charge in [0, 0.05) is 43.6 Å². The molecule has 0 bridgehead atoms. The molecule has 6 heteroatoms. The molecule has 0 fully saturated rings. The monoisotopic (exact) mass is 320 g/mol. The number of carbonyl (C=O) groups excluding carboxylic acids is 1. The molecule has 22 heavy (non-hydrogen) atoms. The Bertz CT molecular complexity index is 600. The van der Waals surface area contributed by atoms with E-state index in [1.54, 1.807) is 24.5 Å². The lowest BCUT2D eigenvalue weighted by atomic mass is 10.2. The number of nitrogens with one attached hydrogen (secondary N) is 1.